The summed E-state index contributed by atoms with van der Waals surface area (Å²) in [5, 5.41) is 3.29. The summed E-state index contributed by atoms with van der Waals surface area (Å²) in [6.45, 7) is 0. The average Bonchev–Trinajstić information content (AvgIpc) is 2.55. The topological polar surface area (TPSA) is 37.8 Å². The van der Waals surface area contributed by atoms with Crippen LogP contribution in [0.15, 0.2) is 17.1 Å². The smallest absolute Gasteiger partial charge is 0.267 e. The van der Waals surface area contributed by atoms with Gasteiger partial charge in [0.05, 0.1) is 5.37 Å². The zero-order valence-corrected chi connectivity index (χ0v) is 6.93. The molecule has 1 aromatic rings. The Balaban J connectivity index is 2.28. The molecular weight excluding hydrogens is 160 g/mol. The highest BCUT2D eigenvalue weighted by atomic mass is 32.2. The van der Waals surface area contributed by atoms with Crippen molar-refractivity contribution in [3.05, 3.63) is 22.6 Å². The largest absolute Gasteiger partial charge is 0.302 e. The third-order valence-electron chi connectivity index (χ3n) is 1.87. The number of rotatable bonds is 1. The summed E-state index contributed by atoms with van der Waals surface area (Å²) in [4.78, 5) is 11.1. The molecule has 0 radical (unpaired) electrons. The SMILES string of the molecule is O=c1cc[nH]n1C1CCCS1. The maximum Gasteiger partial charge on any atom is 0.267 e. The molecule has 0 aliphatic carbocycles. The molecule has 0 aromatic carbocycles. The van der Waals surface area contributed by atoms with Gasteiger partial charge in [0, 0.05) is 12.3 Å². The van der Waals surface area contributed by atoms with Crippen molar-refractivity contribution >= 4 is 11.8 Å². The molecule has 2 heterocycles. The van der Waals surface area contributed by atoms with Crippen LogP contribution >= 0.6 is 11.8 Å². The summed E-state index contributed by atoms with van der Waals surface area (Å²) in [7, 11) is 0. The first-order valence-electron chi connectivity index (χ1n) is 3.75. The minimum Gasteiger partial charge on any atom is -0.302 e. The van der Waals surface area contributed by atoms with Crippen LogP contribution in [0.4, 0.5) is 0 Å². The summed E-state index contributed by atoms with van der Waals surface area (Å²) in [6.07, 6.45) is 4.03. The summed E-state index contributed by atoms with van der Waals surface area (Å²) in [5.41, 5.74) is 0.0874. The van der Waals surface area contributed by atoms with Crippen LogP contribution in [-0.2, 0) is 0 Å². The molecule has 1 fully saturated rings. The van der Waals surface area contributed by atoms with Gasteiger partial charge in [-0.15, -0.1) is 11.8 Å². The fraction of sp³-hybridized carbons (Fsp3) is 0.571. The van der Waals surface area contributed by atoms with Gasteiger partial charge < -0.3 is 5.10 Å². The third kappa shape index (κ3) is 1.22. The zero-order chi connectivity index (χ0) is 7.68. The number of aromatic amines is 1. The van der Waals surface area contributed by atoms with Crippen molar-refractivity contribution in [2.75, 3.05) is 5.75 Å². The molecule has 3 nitrogen and oxygen atoms in total. The van der Waals surface area contributed by atoms with Gasteiger partial charge in [-0.25, -0.2) is 4.68 Å². The van der Waals surface area contributed by atoms with Crippen molar-refractivity contribution in [3.8, 4) is 0 Å². The summed E-state index contributed by atoms with van der Waals surface area (Å²) in [6, 6.07) is 1.57. The first kappa shape index (κ1) is 7.03. The van der Waals surface area contributed by atoms with Gasteiger partial charge in [0.2, 0.25) is 0 Å². The second kappa shape index (κ2) is 2.77. The Bertz CT molecular complexity index is 285. The average molecular weight is 170 g/mol. The Morgan fingerprint density at radius 3 is 3.18 bits per heavy atom. The molecule has 1 aliphatic heterocycles. The Kier molecular flexibility index (Phi) is 1.77. The van der Waals surface area contributed by atoms with Crippen molar-refractivity contribution in [2.45, 2.75) is 18.2 Å². The second-order valence-corrected chi connectivity index (χ2v) is 3.92. The van der Waals surface area contributed by atoms with Gasteiger partial charge >= 0.3 is 0 Å². The molecule has 1 unspecified atom stereocenters. The standard InChI is InChI=1S/C7H10N2OS/c10-6-3-4-8-9(6)7-2-1-5-11-7/h3-4,7-8H,1-2,5H2. The quantitative estimate of drug-likeness (QED) is 0.687. The van der Waals surface area contributed by atoms with Gasteiger partial charge in [-0.2, -0.15) is 0 Å². The number of hydrogen-bond acceptors (Lipinski definition) is 2. The third-order valence-corrected chi connectivity index (χ3v) is 3.23. The van der Waals surface area contributed by atoms with E-state index in [2.05, 4.69) is 5.10 Å². The predicted octanol–water partition coefficient (Wildman–Crippen LogP) is 1.20. The molecule has 11 heavy (non-hydrogen) atoms. The van der Waals surface area contributed by atoms with Gasteiger partial charge in [0.1, 0.15) is 0 Å². The first-order valence-corrected chi connectivity index (χ1v) is 4.80. The van der Waals surface area contributed by atoms with Crippen LogP contribution in [-0.4, -0.2) is 15.5 Å². The molecule has 0 spiro atoms. The fourth-order valence-electron chi connectivity index (χ4n) is 1.32. The molecule has 1 aromatic heterocycles. The molecule has 1 aliphatic rings. The van der Waals surface area contributed by atoms with Crippen LogP contribution < -0.4 is 5.56 Å². The lowest BCUT2D eigenvalue weighted by atomic mass is 10.3. The minimum atomic E-state index is 0.0874. The summed E-state index contributed by atoms with van der Waals surface area (Å²) < 4.78 is 1.71. The number of nitrogens with one attached hydrogen (secondary N) is 1. The van der Waals surface area contributed by atoms with E-state index in [1.54, 1.807) is 16.9 Å². The molecule has 0 saturated carbocycles. The zero-order valence-electron chi connectivity index (χ0n) is 6.12. The van der Waals surface area contributed by atoms with Gasteiger partial charge in [0.25, 0.3) is 5.56 Å². The predicted molar refractivity (Wildman–Crippen MR) is 45.8 cm³/mol. The van der Waals surface area contributed by atoms with Crippen LogP contribution in [0.1, 0.15) is 18.2 Å². The monoisotopic (exact) mass is 170 g/mol. The van der Waals surface area contributed by atoms with E-state index in [0.29, 0.717) is 5.37 Å². The molecule has 60 valence electrons. The first-order chi connectivity index (χ1) is 5.38. The Morgan fingerprint density at radius 2 is 2.64 bits per heavy atom. The van der Waals surface area contributed by atoms with Crippen LogP contribution in [0.2, 0.25) is 0 Å². The van der Waals surface area contributed by atoms with E-state index in [1.807, 2.05) is 11.8 Å². The molecule has 0 amide bonds. The highest BCUT2D eigenvalue weighted by Gasteiger charge is 2.18. The molecular formula is C7H10N2OS. The molecule has 4 heteroatoms. The Morgan fingerprint density at radius 1 is 1.73 bits per heavy atom. The van der Waals surface area contributed by atoms with Gasteiger partial charge in [-0.1, -0.05) is 0 Å². The highest BCUT2D eigenvalue weighted by molar-refractivity contribution is 7.99. The lowest BCUT2D eigenvalue weighted by Crippen LogP contribution is -2.18. The molecule has 0 bridgehead atoms. The molecule has 1 saturated heterocycles. The van der Waals surface area contributed by atoms with E-state index in [4.69, 9.17) is 0 Å². The van der Waals surface area contributed by atoms with Crippen molar-refractivity contribution in [3.63, 3.8) is 0 Å². The maximum absolute atomic E-state index is 11.1. The van der Waals surface area contributed by atoms with Gasteiger partial charge in [-0.3, -0.25) is 4.79 Å². The van der Waals surface area contributed by atoms with Crippen molar-refractivity contribution < 1.29 is 0 Å². The maximum atomic E-state index is 11.1. The van der Waals surface area contributed by atoms with Crippen LogP contribution in [0.25, 0.3) is 0 Å². The van der Waals surface area contributed by atoms with E-state index >= 15 is 0 Å². The summed E-state index contributed by atoms with van der Waals surface area (Å²) >= 11 is 1.85. The minimum absolute atomic E-state index is 0.0874. The van der Waals surface area contributed by atoms with Gasteiger partial charge in [0.15, 0.2) is 0 Å². The van der Waals surface area contributed by atoms with Crippen molar-refractivity contribution in [2.24, 2.45) is 0 Å². The van der Waals surface area contributed by atoms with Crippen LogP contribution in [0, 0.1) is 0 Å². The second-order valence-electron chi connectivity index (χ2n) is 2.64. The van der Waals surface area contributed by atoms with Crippen molar-refractivity contribution in [1.29, 1.82) is 0 Å². The highest BCUT2D eigenvalue weighted by Crippen LogP contribution is 2.33. The number of thioether (sulfide) groups is 1. The number of aromatic nitrogens is 2. The van der Waals surface area contributed by atoms with E-state index in [0.717, 1.165) is 6.42 Å². The van der Waals surface area contributed by atoms with Crippen LogP contribution in [0.3, 0.4) is 0 Å². The molecule has 1 N–H and O–H groups in total. The van der Waals surface area contributed by atoms with Crippen LogP contribution in [0.5, 0.6) is 0 Å². The fourth-order valence-corrected chi connectivity index (χ4v) is 2.57. The van der Waals surface area contributed by atoms with Gasteiger partial charge in [-0.05, 0) is 18.6 Å². The number of hydrogen-bond donors (Lipinski definition) is 1. The van der Waals surface area contributed by atoms with E-state index in [-0.39, 0.29) is 5.56 Å². The normalized spacial score (nSPS) is 24.2. The van der Waals surface area contributed by atoms with E-state index in [9.17, 15) is 4.79 Å². The number of nitrogens with zero attached hydrogens (tertiary/aromatic N) is 1. The van der Waals surface area contributed by atoms with Crippen molar-refractivity contribution in [1.82, 2.24) is 9.78 Å². The number of H-pyrrole nitrogens is 1. The van der Waals surface area contributed by atoms with E-state index < -0.39 is 0 Å². The molecule has 2 rings (SSSR count). The lowest BCUT2D eigenvalue weighted by molar-refractivity contribution is 0.562. The lowest BCUT2D eigenvalue weighted by Gasteiger charge is -2.07. The van der Waals surface area contributed by atoms with E-state index in [1.165, 1.54) is 12.2 Å². The Labute approximate surface area is 68.8 Å². The Hall–Kier alpha value is -0.640. The molecule has 1 atom stereocenters. The summed E-state index contributed by atoms with van der Waals surface area (Å²) in [5.74, 6) is 1.18.